The Hall–Kier alpha value is -2.94. The Morgan fingerprint density at radius 2 is 1.49 bits per heavy atom. The predicted octanol–water partition coefficient (Wildman–Crippen LogP) is 1.58. The van der Waals surface area contributed by atoms with E-state index in [0.717, 1.165) is 11.1 Å². The average Bonchev–Trinajstić information content (AvgIpc) is 2.83. The van der Waals surface area contributed by atoms with Gasteiger partial charge < -0.3 is 26.8 Å². The topological polar surface area (TPSA) is 134 Å². The molecule has 0 aliphatic rings. The molecule has 2 rings (SSSR count). The summed E-state index contributed by atoms with van der Waals surface area (Å²) in [6.45, 7) is 5.66. The number of aliphatic hydroxyl groups excluding tert-OH is 1. The van der Waals surface area contributed by atoms with Crippen LogP contribution in [0.4, 0.5) is 0 Å². The average molecular weight is 503 g/mol. The van der Waals surface area contributed by atoms with Crippen LogP contribution in [0.1, 0.15) is 31.9 Å². The Bertz CT molecular complexity index is 969. The van der Waals surface area contributed by atoms with Gasteiger partial charge in [0.05, 0.1) is 12.1 Å². The molecule has 8 nitrogen and oxygen atoms in total. The SMILES string of the molecule is CCNC(=O)C(O)[C@H](Cc1ccc(Cl)cc1)NC(=O)[C@@H](NC(=O)[C@@H](N)Cc1ccccc1)C(C)C. The third kappa shape index (κ3) is 8.98. The molecule has 9 heteroatoms. The largest absolute Gasteiger partial charge is 0.381 e. The normalized spacial score (nSPS) is 14.5. The van der Waals surface area contributed by atoms with Gasteiger partial charge in [-0.25, -0.2) is 0 Å². The number of rotatable bonds is 12. The zero-order valence-corrected chi connectivity index (χ0v) is 21.1. The number of benzene rings is 2. The van der Waals surface area contributed by atoms with Crippen LogP contribution in [-0.2, 0) is 27.2 Å². The number of hydrogen-bond donors (Lipinski definition) is 5. The number of carbonyl (C=O) groups is 3. The van der Waals surface area contributed by atoms with Crippen molar-refractivity contribution in [3.8, 4) is 0 Å². The van der Waals surface area contributed by atoms with Crippen LogP contribution in [0.5, 0.6) is 0 Å². The number of aliphatic hydroxyl groups is 1. The summed E-state index contributed by atoms with van der Waals surface area (Å²) < 4.78 is 0. The van der Waals surface area contributed by atoms with Crippen LogP contribution in [0.3, 0.4) is 0 Å². The van der Waals surface area contributed by atoms with Crippen LogP contribution in [0.2, 0.25) is 5.02 Å². The summed E-state index contributed by atoms with van der Waals surface area (Å²) in [5, 5.41) is 19.3. The highest BCUT2D eigenvalue weighted by Gasteiger charge is 2.32. The minimum atomic E-state index is -1.49. The number of carbonyl (C=O) groups excluding carboxylic acids is 3. The van der Waals surface area contributed by atoms with E-state index >= 15 is 0 Å². The number of amides is 3. The van der Waals surface area contributed by atoms with Crippen molar-refractivity contribution in [3.05, 3.63) is 70.7 Å². The third-order valence-electron chi connectivity index (χ3n) is 5.58. The summed E-state index contributed by atoms with van der Waals surface area (Å²) in [7, 11) is 0. The minimum absolute atomic E-state index is 0.188. The van der Waals surface area contributed by atoms with Gasteiger partial charge in [0.2, 0.25) is 11.8 Å². The molecule has 3 amide bonds. The minimum Gasteiger partial charge on any atom is -0.381 e. The molecule has 6 N–H and O–H groups in total. The van der Waals surface area contributed by atoms with Crippen molar-refractivity contribution in [2.24, 2.45) is 11.7 Å². The Balaban J connectivity index is 2.14. The summed E-state index contributed by atoms with van der Waals surface area (Å²) in [5.41, 5.74) is 7.77. The molecule has 0 heterocycles. The lowest BCUT2D eigenvalue weighted by Crippen LogP contribution is -2.59. The van der Waals surface area contributed by atoms with Crippen molar-refractivity contribution < 1.29 is 19.5 Å². The predicted molar refractivity (Wildman–Crippen MR) is 137 cm³/mol. The summed E-state index contributed by atoms with van der Waals surface area (Å²) in [6, 6.07) is 13.6. The first-order valence-electron chi connectivity index (χ1n) is 11.7. The summed E-state index contributed by atoms with van der Waals surface area (Å²) in [4.78, 5) is 38.3. The second-order valence-corrected chi connectivity index (χ2v) is 9.25. The fourth-order valence-electron chi connectivity index (χ4n) is 3.61. The van der Waals surface area contributed by atoms with Crippen LogP contribution >= 0.6 is 11.6 Å². The quantitative estimate of drug-likeness (QED) is 0.300. The standard InChI is InChI=1S/C26H35ClN4O4/c1-4-29-26(35)23(32)21(15-18-10-12-19(27)13-11-18)30-25(34)22(16(2)3)31-24(33)20(28)14-17-8-6-5-7-9-17/h5-13,16,20-23,32H,4,14-15,28H2,1-3H3,(H,29,35)(H,30,34)(H,31,33)/t20-,21-,22-,23?/m0/s1. The van der Waals surface area contributed by atoms with Crippen LogP contribution in [-0.4, -0.2) is 53.6 Å². The highest BCUT2D eigenvalue weighted by molar-refractivity contribution is 6.30. The lowest BCUT2D eigenvalue weighted by molar-refractivity contribution is -0.134. The highest BCUT2D eigenvalue weighted by atomic mass is 35.5. The molecule has 0 saturated carbocycles. The molecule has 0 aliphatic heterocycles. The van der Waals surface area contributed by atoms with Gasteiger partial charge in [-0.15, -0.1) is 0 Å². The molecular formula is C26H35ClN4O4. The van der Waals surface area contributed by atoms with E-state index in [1.807, 2.05) is 30.3 Å². The van der Waals surface area contributed by atoms with E-state index in [-0.39, 0.29) is 12.3 Å². The van der Waals surface area contributed by atoms with E-state index in [9.17, 15) is 19.5 Å². The maximum Gasteiger partial charge on any atom is 0.250 e. The van der Waals surface area contributed by atoms with E-state index in [4.69, 9.17) is 17.3 Å². The molecule has 2 aromatic carbocycles. The molecule has 0 radical (unpaired) electrons. The van der Waals surface area contributed by atoms with Crippen LogP contribution < -0.4 is 21.7 Å². The van der Waals surface area contributed by atoms with Gasteiger partial charge in [-0.1, -0.05) is 67.9 Å². The Morgan fingerprint density at radius 1 is 0.886 bits per heavy atom. The lowest BCUT2D eigenvalue weighted by atomic mass is 9.97. The molecule has 2 aromatic rings. The van der Waals surface area contributed by atoms with Gasteiger partial charge in [0.15, 0.2) is 6.10 Å². The lowest BCUT2D eigenvalue weighted by Gasteiger charge is -2.28. The van der Waals surface area contributed by atoms with Gasteiger partial charge in [0, 0.05) is 11.6 Å². The van der Waals surface area contributed by atoms with Crippen molar-refractivity contribution in [2.75, 3.05) is 6.54 Å². The molecule has 0 fully saturated rings. The molecule has 0 aromatic heterocycles. The first-order valence-corrected chi connectivity index (χ1v) is 12.1. The summed E-state index contributed by atoms with van der Waals surface area (Å²) in [6.07, 6.45) is -0.972. The van der Waals surface area contributed by atoms with E-state index in [0.29, 0.717) is 18.0 Å². The zero-order valence-electron chi connectivity index (χ0n) is 20.3. The third-order valence-corrected chi connectivity index (χ3v) is 5.83. The second kappa shape index (κ2) is 13.8. The molecule has 4 atom stereocenters. The first-order chi connectivity index (χ1) is 16.6. The Labute approximate surface area is 211 Å². The number of likely N-dealkylation sites (N-methyl/N-ethyl adjacent to an activating group) is 1. The van der Waals surface area contributed by atoms with E-state index in [2.05, 4.69) is 16.0 Å². The Kier molecular flexibility index (Phi) is 11.2. The van der Waals surface area contributed by atoms with Crippen molar-refractivity contribution in [2.45, 2.75) is 57.8 Å². The fraction of sp³-hybridized carbons (Fsp3) is 0.423. The van der Waals surface area contributed by atoms with E-state index in [1.54, 1.807) is 45.0 Å². The maximum absolute atomic E-state index is 13.2. The van der Waals surface area contributed by atoms with E-state index < -0.39 is 42.0 Å². The molecule has 190 valence electrons. The van der Waals surface area contributed by atoms with Gasteiger partial charge in [0.1, 0.15) is 6.04 Å². The van der Waals surface area contributed by atoms with E-state index in [1.165, 1.54) is 0 Å². The highest BCUT2D eigenvalue weighted by Crippen LogP contribution is 2.14. The molecule has 35 heavy (non-hydrogen) atoms. The fourth-order valence-corrected chi connectivity index (χ4v) is 3.73. The molecular weight excluding hydrogens is 468 g/mol. The van der Waals surface area contributed by atoms with Crippen molar-refractivity contribution in [3.63, 3.8) is 0 Å². The zero-order chi connectivity index (χ0) is 26.0. The molecule has 1 unspecified atom stereocenters. The van der Waals surface area contributed by atoms with Crippen LogP contribution in [0.15, 0.2) is 54.6 Å². The Morgan fingerprint density at radius 3 is 2.06 bits per heavy atom. The summed E-state index contributed by atoms with van der Waals surface area (Å²) in [5.74, 6) is -1.83. The van der Waals surface area contributed by atoms with Crippen LogP contribution in [0.25, 0.3) is 0 Å². The van der Waals surface area contributed by atoms with Gasteiger partial charge >= 0.3 is 0 Å². The van der Waals surface area contributed by atoms with Gasteiger partial charge in [-0.2, -0.15) is 0 Å². The van der Waals surface area contributed by atoms with Crippen molar-refractivity contribution in [1.82, 2.24) is 16.0 Å². The van der Waals surface area contributed by atoms with Gasteiger partial charge in [-0.3, -0.25) is 14.4 Å². The van der Waals surface area contributed by atoms with Gasteiger partial charge in [-0.05, 0) is 48.9 Å². The monoisotopic (exact) mass is 502 g/mol. The van der Waals surface area contributed by atoms with Crippen molar-refractivity contribution in [1.29, 1.82) is 0 Å². The molecule has 0 bridgehead atoms. The number of nitrogens with one attached hydrogen (secondary N) is 3. The number of nitrogens with two attached hydrogens (primary N) is 1. The summed E-state index contributed by atoms with van der Waals surface area (Å²) >= 11 is 5.95. The molecule has 0 aliphatic carbocycles. The van der Waals surface area contributed by atoms with Crippen molar-refractivity contribution >= 4 is 29.3 Å². The van der Waals surface area contributed by atoms with Gasteiger partial charge in [0.25, 0.3) is 5.91 Å². The molecule has 0 saturated heterocycles. The number of hydrogen-bond acceptors (Lipinski definition) is 5. The smallest absolute Gasteiger partial charge is 0.250 e. The van der Waals surface area contributed by atoms with Crippen LogP contribution in [0, 0.1) is 5.92 Å². The molecule has 0 spiro atoms. The second-order valence-electron chi connectivity index (χ2n) is 8.81. The maximum atomic E-state index is 13.2. The first kappa shape index (κ1) is 28.3. The number of halogens is 1.